The lowest BCUT2D eigenvalue weighted by molar-refractivity contribution is -0.137. The standard InChI is InChI=1S/C16H18F3N/c1-11-7-12(2)9-15(8-11)20-10-13-3-5-14(6-4-13)16(17,18)19/h3-6,8-9,11,20H,7,10H2,1-2H3. The Bertz CT molecular complexity index is 524. The second kappa shape index (κ2) is 5.73. The minimum absolute atomic E-state index is 0.495. The van der Waals surface area contributed by atoms with Crippen LogP contribution in [0.4, 0.5) is 13.2 Å². The minimum Gasteiger partial charge on any atom is -0.381 e. The first kappa shape index (κ1) is 14.7. The predicted octanol–water partition coefficient (Wildman–Crippen LogP) is 4.67. The molecule has 1 nitrogen and oxygen atoms in total. The molecule has 20 heavy (non-hydrogen) atoms. The Hall–Kier alpha value is -1.71. The van der Waals surface area contributed by atoms with Gasteiger partial charge in [-0.15, -0.1) is 0 Å². The van der Waals surface area contributed by atoms with Gasteiger partial charge in [-0.05, 0) is 43.0 Å². The Labute approximate surface area is 117 Å². The van der Waals surface area contributed by atoms with Crippen molar-refractivity contribution in [2.45, 2.75) is 33.0 Å². The van der Waals surface area contributed by atoms with Gasteiger partial charge in [0.15, 0.2) is 0 Å². The van der Waals surface area contributed by atoms with Gasteiger partial charge in [0.05, 0.1) is 5.56 Å². The minimum atomic E-state index is -4.27. The van der Waals surface area contributed by atoms with Crippen LogP contribution in [0.5, 0.6) is 0 Å². The molecule has 0 amide bonds. The zero-order valence-corrected chi connectivity index (χ0v) is 11.6. The third-order valence-electron chi connectivity index (χ3n) is 3.29. The maximum atomic E-state index is 12.4. The van der Waals surface area contributed by atoms with Crippen LogP contribution in [0.2, 0.25) is 0 Å². The molecule has 0 aliphatic heterocycles. The largest absolute Gasteiger partial charge is 0.416 e. The SMILES string of the molecule is CC1=CC(NCc2ccc(C(F)(F)F)cc2)=CC(C)C1. The van der Waals surface area contributed by atoms with Crippen LogP contribution in [0, 0.1) is 5.92 Å². The highest BCUT2D eigenvalue weighted by Gasteiger charge is 2.29. The van der Waals surface area contributed by atoms with Crippen LogP contribution in [0.3, 0.4) is 0 Å². The van der Waals surface area contributed by atoms with Crippen molar-refractivity contribution in [3.05, 3.63) is 58.8 Å². The fraction of sp³-hybridized carbons (Fsp3) is 0.375. The van der Waals surface area contributed by atoms with Gasteiger partial charge in [0.25, 0.3) is 0 Å². The molecule has 0 aromatic heterocycles. The van der Waals surface area contributed by atoms with E-state index < -0.39 is 11.7 Å². The van der Waals surface area contributed by atoms with E-state index in [-0.39, 0.29) is 0 Å². The van der Waals surface area contributed by atoms with Crippen molar-refractivity contribution >= 4 is 0 Å². The first-order valence-electron chi connectivity index (χ1n) is 6.63. The summed E-state index contributed by atoms with van der Waals surface area (Å²) in [5.74, 6) is 0.495. The maximum Gasteiger partial charge on any atom is 0.416 e. The molecular formula is C16H18F3N. The Morgan fingerprint density at radius 1 is 1.20 bits per heavy atom. The molecule has 0 saturated carbocycles. The summed E-state index contributed by atoms with van der Waals surface area (Å²) in [6.07, 6.45) is 1.03. The Kier molecular flexibility index (Phi) is 4.21. The highest BCUT2D eigenvalue weighted by atomic mass is 19.4. The van der Waals surface area contributed by atoms with E-state index in [1.54, 1.807) is 0 Å². The predicted molar refractivity (Wildman–Crippen MR) is 73.9 cm³/mol. The quantitative estimate of drug-likeness (QED) is 0.849. The summed E-state index contributed by atoms with van der Waals surface area (Å²) in [5, 5.41) is 3.26. The molecule has 0 spiro atoms. The number of hydrogen-bond donors (Lipinski definition) is 1. The fourth-order valence-corrected chi connectivity index (χ4v) is 2.37. The Balaban J connectivity index is 1.98. The van der Waals surface area contributed by atoms with Crippen molar-refractivity contribution in [2.75, 3.05) is 0 Å². The summed E-state index contributed by atoms with van der Waals surface area (Å²) >= 11 is 0. The van der Waals surface area contributed by atoms with Crippen molar-refractivity contribution in [3.63, 3.8) is 0 Å². The molecule has 0 saturated heterocycles. The molecule has 1 atom stereocenters. The molecule has 108 valence electrons. The van der Waals surface area contributed by atoms with Gasteiger partial charge < -0.3 is 5.32 Å². The first-order chi connectivity index (χ1) is 9.34. The van der Waals surface area contributed by atoms with Crippen molar-refractivity contribution in [1.29, 1.82) is 0 Å². The average Bonchev–Trinajstić information content (AvgIpc) is 2.35. The van der Waals surface area contributed by atoms with E-state index in [4.69, 9.17) is 0 Å². The zero-order chi connectivity index (χ0) is 14.8. The number of allylic oxidation sites excluding steroid dienone is 3. The summed E-state index contributed by atoms with van der Waals surface area (Å²) in [7, 11) is 0. The molecule has 1 aromatic rings. The van der Waals surface area contributed by atoms with E-state index in [9.17, 15) is 13.2 Å². The number of nitrogens with one attached hydrogen (secondary N) is 1. The number of hydrogen-bond acceptors (Lipinski definition) is 1. The van der Waals surface area contributed by atoms with Crippen LogP contribution in [0.15, 0.2) is 47.7 Å². The van der Waals surface area contributed by atoms with Gasteiger partial charge in [0.1, 0.15) is 0 Å². The van der Waals surface area contributed by atoms with Gasteiger partial charge in [0, 0.05) is 12.2 Å². The van der Waals surface area contributed by atoms with Crippen LogP contribution in [0.1, 0.15) is 31.4 Å². The highest BCUT2D eigenvalue weighted by molar-refractivity contribution is 5.29. The Morgan fingerprint density at radius 3 is 2.40 bits per heavy atom. The van der Waals surface area contributed by atoms with Gasteiger partial charge in [-0.3, -0.25) is 0 Å². The highest BCUT2D eigenvalue weighted by Crippen LogP contribution is 2.29. The second-order valence-corrected chi connectivity index (χ2v) is 5.34. The lowest BCUT2D eigenvalue weighted by Crippen LogP contribution is -2.15. The molecule has 0 fully saturated rings. The molecule has 2 rings (SSSR count). The number of alkyl halides is 3. The van der Waals surface area contributed by atoms with E-state index >= 15 is 0 Å². The van der Waals surface area contributed by atoms with E-state index in [0.717, 1.165) is 29.8 Å². The monoisotopic (exact) mass is 281 g/mol. The first-order valence-corrected chi connectivity index (χ1v) is 6.63. The summed E-state index contributed by atoms with van der Waals surface area (Å²) in [6.45, 7) is 4.76. The molecule has 1 aliphatic carbocycles. The lowest BCUT2D eigenvalue weighted by Gasteiger charge is -2.18. The van der Waals surface area contributed by atoms with Gasteiger partial charge in [-0.2, -0.15) is 13.2 Å². The lowest BCUT2D eigenvalue weighted by atomic mass is 9.95. The van der Waals surface area contributed by atoms with Crippen LogP contribution in [-0.4, -0.2) is 0 Å². The second-order valence-electron chi connectivity index (χ2n) is 5.34. The summed E-state index contributed by atoms with van der Waals surface area (Å²) in [6, 6.07) is 5.27. The molecule has 1 unspecified atom stereocenters. The van der Waals surface area contributed by atoms with Gasteiger partial charge in [-0.25, -0.2) is 0 Å². The number of benzene rings is 1. The molecular weight excluding hydrogens is 263 g/mol. The number of rotatable bonds is 3. The third-order valence-corrected chi connectivity index (χ3v) is 3.29. The van der Waals surface area contributed by atoms with Crippen LogP contribution < -0.4 is 5.32 Å². The van der Waals surface area contributed by atoms with Crippen molar-refractivity contribution in [3.8, 4) is 0 Å². The van der Waals surface area contributed by atoms with E-state index in [0.29, 0.717) is 12.5 Å². The van der Waals surface area contributed by atoms with Crippen molar-refractivity contribution < 1.29 is 13.2 Å². The summed E-state index contributed by atoms with van der Waals surface area (Å²) in [5.41, 5.74) is 2.58. The van der Waals surface area contributed by atoms with Gasteiger partial charge in [0.2, 0.25) is 0 Å². The smallest absolute Gasteiger partial charge is 0.381 e. The summed E-state index contributed by atoms with van der Waals surface area (Å²) < 4.78 is 37.3. The van der Waals surface area contributed by atoms with Crippen LogP contribution >= 0.6 is 0 Å². The zero-order valence-electron chi connectivity index (χ0n) is 11.6. The molecule has 4 heteroatoms. The molecule has 0 heterocycles. The normalized spacial score (nSPS) is 19.4. The molecule has 1 aromatic carbocycles. The van der Waals surface area contributed by atoms with E-state index in [2.05, 4.69) is 31.3 Å². The van der Waals surface area contributed by atoms with Gasteiger partial charge in [-0.1, -0.05) is 30.7 Å². The molecule has 1 N–H and O–H groups in total. The van der Waals surface area contributed by atoms with Gasteiger partial charge >= 0.3 is 6.18 Å². The Morgan fingerprint density at radius 2 is 1.85 bits per heavy atom. The van der Waals surface area contributed by atoms with E-state index in [1.807, 2.05) is 0 Å². The molecule has 0 bridgehead atoms. The topological polar surface area (TPSA) is 12.0 Å². The van der Waals surface area contributed by atoms with Crippen molar-refractivity contribution in [2.24, 2.45) is 5.92 Å². The van der Waals surface area contributed by atoms with Crippen molar-refractivity contribution in [1.82, 2.24) is 5.32 Å². The number of halogens is 3. The average molecular weight is 281 g/mol. The fourth-order valence-electron chi connectivity index (χ4n) is 2.37. The van der Waals surface area contributed by atoms with Crippen LogP contribution in [-0.2, 0) is 12.7 Å². The molecule has 1 aliphatic rings. The van der Waals surface area contributed by atoms with E-state index in [1.165, 1.54) is 17.7 Å². The third kappa shape index (κ3) is 3.89. The maximum absolute atomic E-state index is 12.4. The summed E-state index contributed by atoms with van der Waals surface area (Å²) in [4.78, 5) is 0. The molecule has 0 radical (unpaired) electrons. The van der Waals surface area contributed by atoms with Crippen LogP contribution in [0.25, 0.3) is 0 Å².